The van der Waals surface area contributed by atoms with Crippen LogP contribution in [-0.2, 0) is 20.2 Å². The molecule has 0 spiro atoms. The number of amides is 1. The van der Waals surface area contributed by atoms with Crippen LogP contribution in [0.3, 0.4) is 0 Å². The van der Waals surface area contributed by atoms with E-state index in [9.17, 15) is 17.6 Å². The van der Waals surface area contributed by atoms with E-state index in [2.05, 4.69) is 10.0 Å². The lowest BCUT2D eigenvalue weighted by Gasteiger charge is -2.26. The molecule has 0 aromatic heterocycles. The van der Waals surface area contributed by atoms with E-state index in [0.29, 0.717) is 5.56 Å². The van der Waals surface area contributed by atoms with Gasteiger partial charge in [0.1, 0.15) is 5.82 Å². The van der Waals surface area contributed by atoms with Crippen molar-refractivity contribution in [2.75, 3.05) is 19.3 Å². The average molecular weight is 302 g/mol. The van der Waals surface area contributed by atoms with Crippen LogP contribution in [0, 0.1) is 5.82 Å². The molecule has 0 saturated carbocycles. The highest BCUT2D eigenvalue weighted by atomic mass is 32.2. The van der Waals surface area contributed by atoms with Crippen LogP contribution in [0.1, 0.15) is 19.4 Å². The Kier molecular flexibility index (Phi) is 5.24. The van der Waals surface area contributed by atoms with Gasteiger partial charge in [-0.3, -0.25) is 4.79 Å². The zero-order valence-corrected chi connectivity index (χ0v) is 12.6. The number of benzene rings is 1. The molecular formula is C13H19FN2O3S. The molecule has 2 N–H and O–H groups in total. The van der Waals surface area contributed by atoms with Crippen molar-refractivity contribution in [1.82, 2.24) is 10.0 Å². The normalized spacial score (nSPS) is 12.2. The van der Waals surface area contributed by atoms with Gasteiger partial charge in [0, 0.05) is 12.0 Å². The van der Waals surface area contributed by atoms with Gasteiger partial charge in [-0.15, -0.1) is 0 Å². The van der Waals surface area contributed by atoms with Gasteiger partial charge in [-0.1, -0.05) is 32.0 Å². The molecular weight excluding hydrogens is 283 g/mol. The third-order valence-electron chi connectivity index (χ3n) is 2.83. The van der Waals surface area contributed by atoms with E-state index in [-0.39, 0.29) is 18.9 Å². The summed E-state index contributed by atoms with van der Waals surface area (Å²) in [5.74, 6) is -0.791. The van der Waals surface area contributed by atoms with Crippen LogP contribution >= 0.6 is 0 Å². The Hall–Kier alpha value is -1.47. The van der Waals surface area contributed by atoms with Gasteiger partial charge >= 0.3 is 0 Å². The number of nitrogens with one attached hydrogen (secondary N) is 2. The summed E-state index contributed by atoms with van der Waals surface area (Å²) in [5.41, 5.74) is -0.0945. The lowest BCUT2D eigenvalue weighted by Crippen LogP contribution is -2.42. The van der Waals surface area contributed by atoms with E-state index in [4.69, 9.17) is 0 Å². The first-order valence-electron chi connectivity index (χ1n) is 6.08. The summed E-state index contributed by atoms with van der Waals surface area (Å²) >= 11 is 0. The Labute approximate surface area is 118 Å². The quantitative estimate of drug-likeness (QED) is 0.815. The maximum Gasteiger partial charge on any atom is 0.235 e. The molecule has 1 aromatic rings. The van der Waals surface area contributed by atoms with E-state index < -0.39 is 21.3 Å². The molecule has 0 aliphatic heterocycles. The van der Waals surface area contributed by atoms with Gasteiger partial charge in [0.15, 0.2) is 0 Å². The van der Waals surface area contributed by atoms with Crippen molar-refractivity contribution in [3.05, 3.63) is 35.6 Å². The Morgan fingerprint density at radius 2 is 1.90 bits per heavy atom. The maximum atomic E-state index is 13.7. The zero-order valence-electron chi connectivity index (χ0n) is 11.7. The second-order valence-corrected chi connectivity index (χ2v) is 7.07. The third-order valence-corrected chi connectivity index (χ3v) is 3.49. The first-order chi connectivity index (χ1) is 9.12. The van der Waals surface area contributed by atoms with Crippen molar-refractivity contribution in [2.45, 2.75) is 19.3 Å². The highest BCUT2D eigenvalue weighted by Crippen LogP contribution is 2.24. The number of halogens is 1. The minimum Gasteiger partial charge on any atom is -0.354 e. The van der Waals surface area contributed by atoms with Gasteiger partial charge in [0.2, 0.25) is 15.9 Å². The highest BCUT2D eigenvalue weighted by molar-refractivity contribution is 7.88. The molecule has 7 heteroatoms. The monoisotopic (exact) mass is 302 g/mol. The molecule has 1 amide bonds. The van der Waals surface area contributed by atoms with Crippen LogP contribution in [0.4, 0.5) is 4.39 Å². The number of rotatable bonds is 6. The van der Waals surface area contributed by atoms with Gasteiger partial charge in [-0.05, 0) is 11.6 Å². The standard InChI is InChI=1S/C13H19FN2O3S/c1-13(2,10-6-4-5-7-11(10)14)9-15-12(17)8-16-20(3,18)19/h4-7,16H,8-9H2,1-3H3,(H,15,17). The number of carbonyl (C=O) groups is 1. The fraction of sp³-hybridized carbons (Fsp3) is 0.462. The first kappa shape index (κ1) is 16.6. The van der Waals surface area contributed by atoms with Crippen LogP contribution in [-0.4, -0.2) is 33.7 Å². The lowest BCUT2D eigenvalue weighted by molar-refractivity contribution is -0.120. The van der Waals surface area contributed by atoms with E-state index >= 15 is 0 Å². The molecule has 112 valence electrons. The van der Waals surface area contributed by atoms with Crippen molar-refractivity contribution < 1.29 is 17.6 Å². The van der Waals surface area contributed by atoms with Crippen LogP contribution in [0.2, 0.25) is 0 Å². The molecule has 0 fully saturated rings. The predicted octanol–water partition coefficient (Wildman–Crippen LogP) is 0.769. The summed E-state index contributed by atoms with van der Waals surface area (Å²) in [4.78, 5) is 11.5. The fourth-order valence-electron chi connectivity index (χ4n) is 1.68. The molecule has 0 atom stereocenters. The number of hydrogen-bond acceptors (Lipinski definition) is 3. The van der Waals surface area contributed by atoms with Crippen molar-refractivity contribution in [3.8, 4) is 0 Å². The van der Waals surface area contributed by atoms with Gasteiger partial charge < -0.3 is 5.32 Å². The Bertz CT molecular complexity index is 585. The molecule has 1 rings (SSSR count). The highest BCUT2D eigenvalue weighted by Gasteiger charge is 2.24. The summed E-state index contributed by atoms with van der Waals surface area (Å²) in [6.45, 7) is 3.48. The summed E-state index contributed by atoms with van der Waals surface area (Å²) in [5, 5.41) is 2.59. The molecule has 5 nitrogen and oxygen atoms in total. The van der Waals surface area contributed by atoms with Crippen molar-refractivity contribution in [3.63, 3.8) is 0 Å². The summed E-state index contributed by atoms with van der Waals surface area (Å²) in [7, 11) is -3.40. The van der Waals surface area contributed by atoms with Crippen LogP contribution < -0.4 is 10.0 Å². The van der Waals surface area contributed by atoms with Gasteiger partial charge in [0.25, 0.3) is 0 Å². The lowest BCUT2D eigenvalue weighted by atomic mass is 9.84. The van der Waals surface area contributed by atoms with E-state index in [1.807, 2.05) is 0 Å². The summed E-state index contributed by atoms with van der Waals surface area (Å²) in [6, 6.07) is 6.36. The second kappa shape index (κ2) is 6.32. The van der Waals surface area contributed by atoms with Crippen molar-refractivity contribution in [2.24, 2.45) is 0 Å². The van der Waals surface area contributed by atoms with Crippen LogP contribution in [0.25, 0.3) is 0 Å². The molecule has 0 aliphatic rings. The van der Waals surface area contributed by atoms with Gasteiger partial charge in [-0.2, -0.15) is 0 Å². The minimum absolute atomic E-state index is 0.207. The first-order valence-corrected chi connectivity index (χ1v) is 7.97. The van der Waals surface area contributed by atoms with Crippen molar-refractivity contribution >= 4 is 15.9 Å². The summed E-state index contributed by atoms with van der Waals surface area (Å²) < 4.78 is 37.5. The predicted molar refractivity (Wildman–Crippen MR) is 75.3 cm³/mol. The Morgan fingerprint density at radius 1 is 1.30 bits per heavy atom. The van der Waals surface area contributed by atoms with Crippen LogP contribution in [0.15, 0.2) is 24.3 Å². The van der Waals surface area contributed by atoms with E-state index in [1.165, 1.54) is 6.07 Å². The second-order valence-electron chi connectivity index (χ2n) is 5.23. The number of hydrogen-bond donors (Lipinski definition) is 2. The molecule has 20 heavy (non-hydrogen) atoms. The number of sulfonamides is 1. The molecule has 1 aromatic carbocycles. The summed E-state index contributed by atoms with van der Waals surface area (Å²) in [6.07, 6.45) is 0.976. The Morgan fingerprint density at radius 3 is 2.45 bits per heavy atom. The SMILES string of the molecule is CC(C)(CNC(=O)CNS(C)(=O)=O)c1ccccc1F. The number of carbonyl (C=O) groups excluding carboxylic acids is 1. The average Bonchev–Trinajstić information content (AvgIpc) is 2.33. The molecule has 0 aliphatic carbocycles. The third kappa shape index (κ3) is 5.26. The molecule has 0 saturated heterocycles. The fourth-order valence-corrected chi connectivity index (χ4v) is 2.08. The smallest absolute Gasteiger partial charge is 0.235 e. The van der Waals surface area contributed by atoms with E-state index in [0.717, 1.165) is 6.26 Å². The molecule has 0 unspecified atom stereocenters. The minimum atomic E-state index is -3.40. The van der Waals surface area contributed by atoms with Crippen molar-refractivity contribution in [1.29, 1.82) is 0 Å². The zero-order chi connectivity index (χ0) is 15.4. The van der Waals surface area contributed by atoms with E-state index in [1.54, 1.807) is 32.0 Å². The van der Waals surface area contributed by atoms with Gasteiger partial charge in [-0.25, -0.2) is 17.5 Å². The van der Waals surface area contributed by atoms with Crippen LogP contribution in [0.5, 0.6) is 0 Å². The topological polar surface area (TPSA) is 75.3 Å². The largest absolute Gasteiger partial charge is 0.354 e. The molecule has 0 bridgehead atoms. The molecule has 0 radical (unpaired) electrons. The van der Waals surface area contributed by atoms with Gasteiger partial charge in [0.05, 0.1) is 12.8 Å². The molecule has 0 heterocycles. The Balaban J connectivity index is 2.60. The maximum absolute atomic E-state index is 13.7.